The van der Waals surface area contributed by atoms with Crippen molar-refractivity contribution in [2.24, 2.45) is 0 Å². The molecule has 0 aliphatic heterocycles. The molecule has 5 heteroatoms. The number of halogens is 3. The topological polar surface area (TPSA) is 20.2 Å². The van der Waals surface area contributed by atoms with Gasteiger partial charge in [0.05, 0.1) is 4.88 Å². The summed E-state index contributed by atoms with van der Waals surface area (Å²) in [7, 11) is 0. The monoisotopic (exact) mass is 386 g/mol. The first-order valence-electron chi connectivity index (χ1n) is 5.88. The maximum absolute atomic E-state index is 10.6. The Hall–Kier alpha value is -0.580. The van der Waals surface area contributed by atoms with Gasteiger partial charge in [-0.2, -0.15) is 0 Å². The Morgan fingerprint density at radius 3 is 2.55 bits per heavy atom. The van der Waals surface area contributed by atoms with Crippen LogP contribution in [0.2, 0.25) is 10.0 Å². The molecule has 20 heavy (non-hydrogen) atoms. The maximum Gasteiger partial charge on any atom is 0.116 e. The molecule has 0 saturated heterocycles. The summed E-state index contributed by atoms with van der Waals surface area (Å²) in [5, 5.41) is 12.7. The molecule has 0 aliphatic rings. The van der Waals surface area contributed by atoms with Crippen LogP contribution < -0.4 is 0 Å². The van der Waals surface area contributed by atoms with Crippen LogP contribution in [0.4, 0.5) is 0 Å². The van der Waals surface area contributed by atoms with E-state index < -0.39 is 6.10 Å². The van der Waals surface area contributed by atoms with Crippen LogP contribution in [0, 0.1) is 0 Å². The standard InChI is InChI=1S/C15H9BrCl2OS/c16-13-10-3-1-2-4-12(10)20-15(13)14(19)9-6-5-8(17)7-11(9)18/h1-7,14,19H. The zero-order valence-corrected chi connectivity index (χ0v) is 14.0. The highest BCUT2D eigenvalue weighted by Gasteiger charge is 2.20. The van der Waals surface area contributed by atoms with Crippen molar-refractivity contribution in [1.82, 2.24) is 0 Å². The van der Waals surface area contributed by atoms with E-state index in [0.717, 1.165) is 19.4 Å². The average Bonchev–Trinajstić information content (AvgIpc) is 2.76. The van der Waals surface area contributed by atoms with E-state index in [1.165, 1.54) is 0 Å². The largest absolute Gasteiger partial charge is 0.383 e. The van der Waals surface area contributed by atoms with E-state index in [-0.39, 0.29) is 0 Å². The smallest absolute Gasteiger partial charge is 0.116 e. The van der Waals surface area contributed by atoms with Gasteiger partial charge in [0.25, 0.3) is 0 Å². The van der Waals surface area contributed by atoms with Crippen molar-refractivity contribution in [2.45, 2.75) is 6.10 Å². The van der Waals surface area contributed by atoms with Crippen LogP contribution in [0.5, 0.6) is 0 Å². The van der Waals surface area contributed by atoms with E-state index in [4.69, 9.17) is 23.2 Å². The third kappa shape index (κ3) is 2.49. The SMILES string of the molecule is OC(c1ccc(Cl)cc1Cl)c1sc2ccccc2c1Br. The summed E-state index contributed by atoms with van der Waals surface area (Å²) in [5.41, 5.74) is 0.656. The van der Waals surface area contributed by atoms with Crippen LogP contribution in [0.25, 0.3) is 10.1 Å². The molecule has 0 spiro atoms. The van der Waals surface area contributed by atoms with Crippen molar-refractivity contribution in [3.63, 3.8) is 0 Å². The predicted octanol–water partition coefficient (Wildman–Crippen LogP) is 6.05. The highest BCUT2D eigenvalue weighted by Crippen LogP contribution is 2.42. The molecule has 0 amide bonds. The molecule has 1 heterocycles. The molecule has 1 atom stereocenters. The summed E-state index contributed by atoms with van der Waals surface area (Å²) < 4.78 is 2.04. The summed E-state index contributed by atoms with van der Waals surface area (Å²) >= 11 is 17.2. The van der Waals surface area contributed by atoms with Crippen molar-refractivity contribution in [2.75, 3.05) is 0 Å². The van der Waals surface area contributed by atoms with Crippen molar-refractivity contribution in [1.29, 1.82) is 0 Å². The fourth-order valence-corrected chi connectivity index (χ4v) is 4.62. The van der Waals surface area contributed by atoms with Crippen LogP contribution in [-0.4, -0.2) is 5.11 Å². The van der Waals surface area contributed by atoms with Crippen LogP contribution in [0.15, 0.2) is 46.9 Å². The van der Waals surface area contributed by atoms with E-state index >= 15 is 0 Å². The lowest BCUT2D eigenvalue weighted by molar-refractivity contribution is 0.223. The van der Waals surface area contributed by atoms with Crippen molar-refractivity contribution < 1.29 is 5.11 Å². The lowest BCUT2D eigenvalue weighted by Gasteiger charge is -2.12. The lowest BCUT2D eigenvalue weighted by atomic mass is 10.1. The van der Waals surface area contributed by atoms with E-state index in [1.807, 2.05) is 24.3 Å². The molecule has 1 unspecified atom stereocenters. The predicted molar refractivity (Wildman–Crippen MR) is 90.0 cm³/mol. The molecule has 2 aromatic carbocycles. The molecule has 1 N–H and O–H groups in total. The molecule has 102 valence electrons. The highest BCUT2D eigenvalue weighted by atomic mass is 79.9. The van der Waals surface area contributed by atoms with Gasteiger partial charge in [-0.3, -0.25) is 0 Å². The summed E-state index contributed by atoms with van der Waals surface area (Å²) in [4.78, 5) is 0.843. The average molecular weight is 388 g/mol. The van der Waals surface area contributed by atoms with Gasteiger partial charge in [-0.05, 0) is 34.1 Å². The fraction of sp³-hybridized carbons (Fsp3) is 0.0667. The second kappa shape index (κ2) is 5.66. The van der Waals surface area contributed by atoms with Gasteiger partial charge in [0.2, 0.25) is 0 Å². The number of hydrogen-bond acceptors (Lipinski definition) is 2. The number of benzene rings is 2. The van der Waals surface area contributed by atoms with E-state index in [1.54, 1.807) is 29.5 Å². The maximum atomic E-state index is 10.6. The third-order valence-electron chi connectivity index (χ3n) is 3.07. The summed E-state index contributed by atoms with van der Waals surface area (Å²) in [6.45, 7) is 0. The molecule has 1 nitrogen and oxygen atoms in total. The first-order chi connectivity index (χ1) is 9.58. The zero-order chi connectivity index (χ0) is 14.3. The summed E-state index contributed by atoms with van der Waals surface area (Å²) in [6.07, 6.45) is -0.772. The number of hydrogen-bond donors (Lipinski definition) is 1. The van der Waals surface area contributed by atoms with E-state index in [9.17, 15) is 5.11 Å². The second-order valence-corrected chi connectivity index (χ2v) is 7.07. The number of aliphatic hydroxyl groups excluding tert-OH is 1. The van der Waals surface area contributed by atoms with Crippen LogP contribution >= 0.6 is 50.5 Å². The van der Waals surface area contributed by atoms with Gasteiger partial charge in [-0.15, -0.1) is 11.3 Å². The first-order valence-corrected chi connectivity index (χ1v) is 8.24. The third-order valence-corrected chi connectivity index (χ3v) is 5.97. The van der Waals surface area contributed by atoms with Gasteiger partial charge in [-0.25, -0.2) is 0 Å². The number of rotatable bonds is 2. The minimum absolute atomic E-state index is 0.467. The Balaban J connectivity index is 2.12. The van der Waals surface area contributed by atoms with Gasteiger partial charge >= 0.3 is 0 Å². The Morgan fingerprint density at radius 1 is 1.10 bits per heavy atom. The fourth-order valence-electron chi connectivity index (χ4n) is 2.07. The van der Waals surface area contributed by atoms with Gasteiger partial charge in [0, 0.05) is 30.2 Å². The van der Waals surface area contributed by atoms with Crippen molar-refractivity contribution in [3.05, 3.63) is 67.4 Å². The Morgan fingerprint density at radius 2 is 1.85 bits per heavy atom. The molecule has 3 rings (SSSR count). The number of fused-ring (bicyclic) bond motifs is 1. The minimum Gasteiger partial charge on any atom is -0.383 e. The number of aliphatic hydroxyl groups is 1. The zero-order valence-electron chi connectivity index (χ0n) is 10.1. The van der Waals surface area contributed by atoms with Gasteiger partial charge < -0.3 is 5.11 Å². The molecule has 0 saturated carbocycles. The quantitative estimate of drug-likeness (QED) is 0.567. The summed E-state index contributed by atoms with van der Waals surface area (Å²) in [6, 6.07) is 13.1. The Labute approximate surface area is 138 Å². The summed E-state index contributed by atoms with van der Waals surface area (Å²) in [5.74, 6) is 0. The second-order valence-electron chi connectivity index (χ2n) is 4.34. The van der Waals surface area contributed by atoms with Gasteiger partial charge in [0.15, 0.2) is 0 Å². The molecule has 3 aromatic rings. The molecule has 0 radical (unpaired) electrons. The molecule has 1 aromatic heterocycles. The Kier molecular flexibility index (Phi) is 4.07. The molecule has 0 bridgehead atoms. The van der Waals surface area contributed by atoms with Crippen LogP contribution in [0.3, 0.4) is 0 Å². The van der Waals surface area contributed by atoms with Gasteiger partial charge in [-0.1, -0.05) is 47.5 Å². The van der Waals surface area contributed by atoms with Crippen molar-refractivity contribution in [3.8, 4) is 0 Å². The minimum atomic E-state index is -0.772. The van der Waals surface area contributed by atoms with Crippen molar-refractivity contribution >= 4 is 60.6 Å². The molecular weight excluding hydrogens is 379 g/mol. The molecular formula is C15H9BrCl2OS. The van der Waals surface area contributed by atoms with Crippen LogP contribution in [0.1, 0.15) is 16.5 Å². The molecule has 0 aliphatic carbocycles. The lowest BCUT2D eigenvalue weighted by Crippen LogP contribution is -1.98. The van der Waals surface area contributed by atoms with E-state index in [0.29, 0.717) is 15.6 Å². The molecule has 0 fully saturated rings. The number of thiophene rings is 1. The normalized spacial score (nSPS) is 12.8. The Bertz CT molecular complexity index is 785. The highest BCUT2D eigenvalue weighted by molar-refractivity contribution is 9.10. The van der Waals surface area contributed by atoms with Crippen LogP contribution in [-0.2, 0) is 0 Å². The van der Waals surface area contributed by atoms with E-state index in [2.05, 4.69) is 15.9 Å². The van der Waals surface area contributed by atoms with Gasteiger partial charge in [0.1, 0.15) is 6.10 Å². The first kappa shape index (κ1) is 14.4.